The molecule has 2 nitrogen and oxygen atoms in total. The van der Waals surface area contributed by atoms with Crippen LogP contribution in [0.1, 0.15) is 2.85 Å². The third-order valence-electron chi connectivity index (χ3n) is 0. The van der Waals surface area contributed by atoms with Crippen LogP contribution in [0.5, 0.6) is 0 Å². The minimum Gasteiger partial charge on any atom is -1.00 e. The van der Waals surface area contributed by atoms with Crippen LogP contribution in [0, 0.1) is 11.5 Å². The van der Waals surface area contributed by atoms with Crippen LogP contribution in [0.2, 0.25) is 0 Å². The Hall–Kier alpha value is 1.29. The Morgan fingerprint density at radius 1 is 1.80 bits per heavy atom. The maximum atomic E-state index is 6.88. The normalized spacial score (nSPS) is 1.40. The van der Waals surface area contributed by atoms with Gasteiger partial charge >= 0.3 is 37.7 Å². The van der Waals surface area contributed by atoms with E-state index < -0.39 is 0 Å². The van der Waals surface area contributed by atoms with Gasteiger partial charge in [0.05, 0.1) is 0 Å². The van der Waals surface area contributed by atoms with Gasteiger partial charge in [-0.2, -0.15) is 5.26 Å². The van der Waals surface area contributed by atoms with E-state index in [1.807, 2.05) is 0 Å². The third kappa shape index (κ3) is 34.4. The number of rotatable bonds is 0. The Bertz CT molecular complexity index is 39.2. The van der Waals surface area contributed by atoms with Gasteiger partial charge in [-0.3, -0.25) is 0 Å². The summed E-state index contributed by atoms with van der Waals surface area (Å²) in [6.07, 6.45) is 0.750. The van der Waals surface area contributed by atoms with E-state index in [2.05, 4.69) is 0 Å². The molecule has 0 bridgehead atoms. The van der Waals surface area contributed by atoms with Gasteiger partial charge in [0, 0.05) is 22.4 Å². The molecular formula is CH3AuCaNO. The maximum Gasteiger partial charge on any atom is 2.00 e. The molecule has 0 unspecified atom stereocenters. The van der Waals surface area contributed by atoms with E-state index in [1.54, 1.807) is 0 Å². The first-order chi connectivity index (χ1) is 1.41. The first-order valence-corrected chi connectivity index (χ1v) is 0.447. The standard InChI is InChI=1S/CHNO.Au.Ca.2H/c2-1-3;;;;/h3H;;;;/q;;+2;2*-1. The average Bonchev–Trinajstić information content (AvgIpc) is 0.918. The van der Waals surface area contributed by atoms with Crippen molar-refractivity contribution in [2.45, 2.75) is 0 Å². The molecule has 31 valence electrons. The summed E-state index contributed by atoms with van der Waals surface area (Å²) in [5, 5.41) is 13.8. The van der Waals surface area contributed by atoms with Gasteiger partial charge in [-0.1, -0.05) is 0 Å². The molecule has 1 N–H and O–H groups in total. The summed E-state index contributed by atoms with van der Waals surface area (Å²) in [7, 11) is 0. The zero-order valence-corrected chi connectivity index (χ0v) is 6.78. The summed E-state index contributed by atoms with van der Waals surface area (Å²) in [4.78, 5) is 0. The number of aliphatic hydroxyl groups excluding tert-OH is 1. The number of hydrogen-bond acceptors (Lipinski definition) is 2. The molecule has 0 aromatic carbocycles. The van der Waals surface area contributed by atoms with Gasteiger partial charge in [-0.05, 0) is 0 Å². The van der Waals surface area contributed by atoms with Gasteiger partial charge < -0.3 is 7.96 Å². The van der Waals surface area contributed by atoms with Crippen molar-refractivity contribution in [3.05, 3.63) is 0 Å². The first-order valence-electron chi connectivity index (χ1n) is 0.447. The molecule has 0 saturated heterocycles. The van der Waals surface area contributed by atoms with Crippen molar-refractivity contribution >= 4 is 37.7 Å². The molecule has 0 aromatic heterocycles. The summed E-state index contributed by atoms with van der Waals surface area (Å²) < 4.78 is 0. The number of nitriles is 1. The number of aliphatic hydroxyl groups is 1. The summed E-state index contributed by atoms with van der Waals surface area (Å²) >= 11 is 0. The zero-order chi connectivity index (χ0) is 2.71. The minimum atomic E-state index is 0. The molecule has 5 heavy (non-hydrogen) atoms. The van der Waals surface area contributed by atoms with Crippen LogP contribution in [-0.4, -0.2) is 42.8 Å². The van der Waals surface area contributed by atoms with E-state index in [4.69, 9.17) is 10.4 Å². The molecule has 0 aliphatic rings. The van der Waals surface area contributed by atoms with Gasteiger partial charge in [-0.15, -0.1) is 0 Å². The molecule has 0 atom stereocenters. The Labute approximate surface area is 78.6 Å². The predicted molar refractivity (Wildman–Crippen MR) is 15.5 cm³/mol. The van der Waals surface area contributed by atoms with E-state index in [0.29, 0.717) is 0 Å². The van der Waals surface area contributed by atoms with Crippen LogP contribution in [0.25, 0.3) is 0 Å². The summed E-state index contributed by atoms with van der Waals surface area (Å²) in [6, 6.07) is 0. The van der Waals surface area contributed by atoms with Crippen molar-refractivity contribution in [2.75, 3.05) is 0 Å². The van der Waals surface area contributed by atoms with Crippen molar-refractivity contribution in [3.8, 4) is 6.26 Å². The molecule has 0 aromatic rings. The molecule has 0 spiro atoms. The Balaban J connectivity index is -0.00000000333. The number of nitrogens with zero attached hydrogens (tertiary/aromatic N) is 1. The second-order valence-corrected chi connectivity index (χ2v) is 0.100. The van der Waals surface area contributed by atoms with Crippen LogP contribution in [0.15, 0.2) is 0 Å². The molecule has 0 rings (SSSR count). The van der Waals surface area contributed by atoms with Gasteiger partial charge in [0.25, 0.3) is 6.26 Å². The van der Waals surface area contributed by atoms with E-state index in [9.17, 15) is 0 Å². The molecule has 0 aliphatic carbocycles. The molecule has 0 heterocycles. The van der Waals surface area contributed by atoms with Gasteiger partial charge in [-0.25, -0.2) is 0 Å². The van der Waals surface area contributed by atoms with Crippen LogP contribution >= 0.6 is 0 Å². The topological polar surface area (TPSA) is 44.0 Å². The second kappa shape index (κ2) is 18.6. The molecule has 1 radical (unpaired) electrons. The maximum absolute atomic E-state index is 6.88. The quantitative estimate of drug-likeness (QED) is 0.489. The fourth-order valence-corrected chi connectivity index (χ4v) is 0. The molecule has 0 aliphatic heterocycles. The van der Waals surface area contributed by atoms with E-state index in [0.717, 1.165) is 6.26 Å². The molecular weight excluding hydrogens is 279 g/mol. The smallest absolute Gasteiger partial charge is 1.00 e. The van der Waals surface area contributed by atoms with E-state index in [-0.39, 0.29) is 63.0 Å². The van der Waals surface area contributed by atoms with E-state index in [1.165, 1.54) is 0 Å². The number of hydrogen-bond donors (Lipinski definition) is 1. The van der Waals surface area contributed by atoms with Gasteiger partial charge in [0.15, 0.2) is 0 Å². The summed E-state index contributed by atoms with van der Waals surface area (Å²) in [5.41, 5.74) is 0. The van der Waals surface area contributed by atoms with Gasteiger partial charge in [0.2, 0.25) is 0 Å². The van der Waals surface area contributed by atoms with Crippen molar-refractivity contribution in [1.29, 1.82) is 5.26 Å². The van der Waals surface area contributed by atoms with Crippen LogP contribution < -0.4 is 0 Å². The SMILES string of the molecule is N#CO.[Au].[Ca+2].[H-].[H-]. The van der Waals surface area contributed by atoms with Crippen LogP contribution in [0.4, 0.5) is 0 Å². The fraction of sp³-hybridized carbons (Fsp3) is 0. The second-order valence-electron chi connectivity index (χ2n) is 0.100. The Morgan fingerprint density at radius 3 is 1.80 bits per heavy atom. The van der Waals surface area contributed by atoms with Crippen LogP contribution in [-0.2, 0) is 22.4 Å². The Kier molecular flexibility index (Phi) is 60.4. The molecule has 4 heteroatoms. The summed E-state index contributed by atoms with van der Waals surface area (Å²) in [6.45, 7) is 0. The van der Waals surface area contributed by atoms with Crippen molar-refractivity contribution in [1.82, 2.24) is 0 Å². The monoisotopic (exact) mass is 282 g/mol. The van der Waals surface area contributed by atoms with Crippen molar-refractivity contribution in [2.24, 2.45) is 0 Å². The van der Waals surface area contributed by atoms with Crippen molar-refractivity contribution in [3.63, 3.8) is 0 Å². The first kappa shape index (κ1) is 16.3. The molecule has 0 saturated carbocycles. The zero-order valence-electron chi connectivity index (χ0n) is 4.40. The van der Waals surface area contributed by atoms with E-state index >= 15 is 0 Å². The van der Waals surface area contributed by atoms with Crippen LogP contribution in [0.3, 0.4) is 0 Å². The Morgan fingerprint density at radius 2 is 1.80 bits per heavy atom. The predicted octanol–water partition coefficient (Wildman–Crippen LogP) is -0.318. The van der Waals surface area contributed by atoms with Gasteiger partial charge in [0.1, 0.15) is 0 Å². The third-order valence-corrected chi connectivity index (χ3v) is 0. The fourth-order valence-electron chi connectivity index (χ4n) is 0. The average molecular weight is 282 g/mol. The van der Waals surface area contributed by atoms with Crippen molar-refractivity contribution < 1.29 is 30.3 Å². The minimum absolute atomic E-state index is 0. The largest absolute Gasteiger partial charge is 2.00 e. The molecule has 0 amide bonds. The summed E-state index contributed by atoms with van der Waals surface area (Å²) in [5.74, 6) is 0. The molecule has 0 fully saturated rings.